The van der Waals surface area contributed by atoms with E-state index in [1.807, 2.05) is 18.2 Å². The van der Waals surface area contributed by atoms with Crippen LogP contribution in [0.2, 0.25) is 0 Å². The number of nitrogens with one attached hydrogen (secondary N) is 1. The van der Waals surface area contributed by atoms with Gasteiger partial charge < -0.3 is 24.3 Å². The summed E-state index contributed by atoms with van der Waals surface area (Å²) < 4.78 is 23.6. The average molecular weight is 804 g/mol. The number of carbonyl (C=O) groups is 5. The summed E-state index contributed by atoms with van der Waals surface area (Å²) in [4.78, 5) is 67.2. The van der Waals surface area contributed by atoms with Crippen LogP contribution in [0.4, 0.5) is 0 Å². The third-order valence-corrected chi connectivity index (χ3v) is 10.7. The van der Waals surface area contributed by atoms with E-state index in [9.17, 15) is 24.0 Å². The van der Waals surface area contributed by atoms with Crippen molar-refractivity contribution in [2.24, 2.45) is 0 Å². The summed E-state index contributed by atoms with van der Waals surface area (Å²) in [5.74, 6) is -3.14. The van der Waals surface area contributed by atoms with E-state index in [2.05, 4.69) is 12.2 Å². The highest BCUT2D eigenvalue weighted by atomic mass is 16.6. The van der Waals surface area contributed by atoms with Gasteiger partial charge in [-0.05, 0) is 87.1 Å². The van der Waals surface area contributed by atoms with E-state index < -0.39 is 48.2 Å². The monoisotopic (exact) mass is 803 g/mol. The Kier molecular flexibility index (Phi) is 17.7. The van der Waals surface area contributed by atoms with Gasteiger partial charge in [0.05, 0.1) is 16.7 Å². The first kappa shape index (κ1) is 44.3. The topological polar surface area (TPSA) is 134 Å². The van der Waals surface area contributed by atoms with Gasteiger partial charge in [0.15, 0.2) is 6.10 Å². The molecule has 10 heteroatoms. The zero-order valence-electron chi connectivity index (χ0n) is 34.1. The molecule has 4 aromatic rings. The maximum atomic E-state index is 14.0. The molecule has 0 spiro atoms. The molecule has 0 radical (unpaired) electrons. The molecule has 59 heavy (non-hydrogen) atoms. The van der Waals surface area contributed by atoms with Gasteiger partial charge in [-0.15, -0.1) is 0 Å². The number of ether oxygens (including phenoxy) is 4. The molecule has 1 N–H and O–H groups in total. The highest BCUT2D eigenvalue weighted by molar-refractivity contribution is 6.00. The fraction of sp³-hybridized carbons (Fsp3) is 0.408. The molecule has 0 bridgehead atoms. The van der Waals surface area contributed by atoms with Crippen LogP contribution in [-0.4, -0.2) is 60.2 Å². The minimum Gasteiger partial charge on any atom is -0.459 e. The van der Waals surface area contributed by atoms with E-state index in [1.54, 1.807) is 103 Å². The van der Waals surface area contributed by atoms with E-state index in [0.717, 1.165) is 70.6 Å². The molecular formula is C49H57NO9. The Labute approximate surface area is 348 Å². The van der Waals surface area contributed by atoms with Gasteiger partial charge in [0.2, 0.25) is 5.54 Å². The summed E-state index contributed by atoms with van der Waals surface area (Å²) in [5.41, 5.74) is -0.663. The number of amides is 1. The standard InChI is InChI=1S/C49H57NO9/c1-2-3-4-22-33-41(57-46(53)39-29-18-12-19-30-39)34-23-8-6-5-7-9-24-35-42-43(59-47(54)40-31-20-13-21-32-40)49(48(55)58-42,50-44(51)37-25-14-10-15-26-37)36-56-45(52)38-27-16-11-17-28-38/h10-21,25-32,41-43H,2-9,22-24,33-36H2,1H3,(H,50,51)/t41?,42-,43+,49+/m1/s1. The van der Waals surface area contributed by atoms with Gasteiger partial charge in [0.25, 0.3) is 5.91 Å². The number of hydrogen-bond donors (Lipinski definition) is 1. The van der Waals surface area contributed by atoms with Crippen LogP contribution < -0.4 is 5.32 Å². The van der Waals surface area contributed by atoms with Crippen LogP contribution in [0.5, 0.6) is 0 Å². The molecule has 1 aliphatic rings. The fourth-order valence-corrected chi connectivity index (χ4v) is 7.34. The Morgan fingerprint density at radius 1 is 0.593 bits per heavy atom. The first-order valence-corrected chi connectivity index (χ1v) is 21.1. The van der Waals surface area contributed by atoms with Crippen molar-refractivity contribution in [2.75, 3.05) is 6.61 Å². The van der Waals surface area contributed by atoms with Crippen molar-refractivity contribution >= 4 is 29.8 Å². The van der Waals surface area contributed by atoms with Crippen molar-refractivity contribution in [1.82, 2.24) is 5.32 Å². The highest BCUT2D eigenvalue weighted by Gasteiger charge is 2.62. The van der Waals surface area contributed by atoms with Gasteiger partial charge in [0, 0.05) is 5.56 Å². The summed E-state index contributed by atoms with van der Waals surface area (Å²) in [6.45, 7) is 1.57. The van der Waals surface area contributed by atoms with Crippen LogP contribution in [0.3, 0.4) is 0 Å². The molecule has 4 aromatic carbocycles. The van der Waals surface area contributed by atoms with Crippen molar-refractivity contribution in [2.45, 2.75) is 121 Å². The molecule has 0 saturated carbocycles. The first-order valence-electron chi connectivity index (χ1n) is 21.1. The quantitative estimate of drug-likeness (QED) is 0.0417. The summed E-state index contributed by atoms with van der Waals surface area (Å²) in [5, 5.41) is 2.78. The summed E-state index contributed by atoms with van der Waals surface area (Å²) in [6, 6.07) is 34.1. The van der Waals surface area contributed by atoms with Crippen molar-refractivity contribution in [1.29, 1.82) is 0 Å². The third-order valence-electron chi connectivity index (χ3n) is 10.7. The molecule has 1 amide bonds. The molecule has 1 unspecified atom stereocenters. The maximum absolute atomic E-state index is 14.0. The second-order valence-electron chi connectivity index (χ2n) is 15.2. The van der Waals surface area contributed by atoms with Crippen LogP contribution in [0, 0.1) is 0 Å². The molecule has 1 fully saturated rings. The molecule has 1 saturated heterocycles. The summed E-state index contributed by atoms with van der Waals surface area (Å²) in [7, 11) is 0. The summed E-state index contributed by atoms with van der Waals surface area (Å²) in [6.07, 6.45) is 10.8. The Morgan fingerprint density at radius 3 is 1.59 bits per heavy atom. The smallest absolute Gasteiger partial charge is 0.340 e. The molecule has 5 rings (SSSR count). The molecule has 1 heterocycles. The fourth-order valence-electron chi connectivity index (χ4n) is 7.34. The number of cyclic esters (lactones) is 1. The number of carbonyl (C=O) groups excluding carboxylic acids is 5. The lowest BCUT2D eigenvalue weighted by Crippen LogP contribution is -2.64. The Morgan fingerprint density at radius 2 is 1.05 bits per heavy atom. The van der Waals surface area contributed by atoms with E-state index in [1.165, 1.54) is 6.42 Å². The van der Waals surface area contributed by atoms with Crippen molar-refractivity contribution in [3.05, 3.63) is 144 Å². The molecule has 4 atom stereocenters. The lowest BCUT2D eigenvalue weighted by molar-refractivity contribution is -0.147. The maximum Gasteiger partial charge on any atom is 0.340 e. The third kappa shape index (κ3) is 13.4. The molecule has 312 valence electrons. The lowest BCUT2D eigenvalue weighted by Gasteiger charge is -2.32. The number of rotatable bonds is 24. The van der Waals surface area contributed by atoms with Crippen LogP contribution in [0.1, 0.15) is 138 Å². The van der Waals surface area contributed by atoms with Crippen molar-refractivity contribution in [3.8, 4) is 0 Å². The van der Waals surface area contributed by atoms with Crippen LogP contribution in [0.25, 0.3) is 0 Å². The van der Waals surface area contributed by atoms with Gasteiger partial charge in [-0.2, -0.15) is 0 Å². The van der Waals surface area contributed by atoms with E-state index >= 15 is 0 Å². The first-order chi connectivity index (χ1) is 28.8. The second kappa shape index (κ2) is 23.6. The summed E-state index contributed by atoms with van der Waals surface area (Å²) >= 11 is 0. The average Bonchev–Trinajstić information content (AvgIpc) is 3.52. The largest absolute Gasteiger partial charge is 0.459 e. The van der Waals surface area contributed by atoms with Crippen molar-refractivity contribution < 1.29 is 42.9 Å². The van der Waals surface area contributed by atoms with E-state index in [-0.39, 0.29) is 28.8 Å². The Bertz CT molecular complexity index is 1910. The van der Waals surface area contributed by atoms with Gasteiger partial charge in [0.1, 0.15) is 18.8 Å². The van der Waals surface area contributed by atoms with Gasteiger partial charge in [-0.3, -0.25) is 4.79 Å². The number of unbranched alkanes of at least 4 members (excludes halogenated alkanes) is 9. The van der Waals surface area contributed by atoms with Gasteiger partial charge >= 0.3 is 23.9 Å². The number of hydrogen-bond acceptors (Lipinski definition) is 9. The molecule has 1 aliphatic heterocycles. The highest BCUT2D eigenvalue weighted by Crippen LogP contribution is 2.34. The number of esters is 4. The molecule has 0 aliphatic carbocycles. The molecule has 0 aromatic heterocycles. The van der Waals surface area contributed by atoms with E-state index in [4.69, 9.17) is 18.9 Å². The second-order valence-corrected chi connectivity index (χ2v) is 15.2. The van der Waals surface area contributed by atoms with Crippen LogP contribution in [0.15, 0.2) is 121 Å². The normalized spacial score (nSPS) is 17.7. The zero-order chi connectivity index (χ0) is 41.7. The lowest BCUT2D eigenvalue weighted by atomic mass is 9.89. The van der Waals surface area contributed by atoms with Crippen molar-refractivity contribution in [3.63, 3.8) is 0 Å². The SMILES string of the molecule is CCCCCCC(CCCCCCCCC[C@H]1OC(=O)[C@@](COC(=O)c2ccccc2)(NC(=O)c2ccccc2)[C@H]1OC(=O)c1ccccc1)OC(=O)c1ccccc1. The predicted octanol–water partition coefficient (Wildman–Crippen LogP) is 9.87. The van der Waals surface area contributed by atoms with Crippen LogP contribution in [-0.2, 0) is 23.7 Å². The zero-order valence-corrected chi connectivity index (χ0v) is 34.1. The van der Waals surface area contributed by atoms with Gasteiger partial charge in [-0.1, -0.05) is 131 Å². The minimum absolute atomic E-state index is 0.0934. The predicted molar refractivity (Wildman–Crippen MR) is 225 cm³/mol. The molecular weight excluding hydrogens is 747 g/mol. The van der Waals surface area contributed by atoms with Gasteiger partial charge in [-0.25, -0.2) is 19.2 Å². The van der Waals surface area contributed by atoms with E-state index in [0.29, 0.717) is 18.4 Å². The minimum atomic E-state index is -2.02. The Balaban J connectivity index is 1.18. The number of benzene rings is 4. The van der Waals surface area contributed by atoms with Crippen LogP contribution >= 0.6 is 0 Å². The molecule has 10 nitrogen and oxygen atoms in total. The Hall–Kier alpha value is -5.77.